The molecule has 2 aromatic rings. The number of methoxy groups -OCH3 is 2. The highest BCUT2D eigenvalue weighted by molar-refractivity contribution is 14.0. The predicted octanol–water partition coefficient (Wildman–Crippen LogP) is 3.22. The largest absolute Gasteiger partial charge is 0.497 e. The molecule has 9 heteroatoms. The first-order chi connectivity index (χ1) is 15.5. The van der Waals surface area contributed by atoms with Gasteiger partial charge in [-0.05, 0) is 41.8 Å². The maximum atomic E-state index is 11.3. The van der Waals surface area contributed by atoms with Gasteiger partial charge in [0.25, 0.3) is 0 Å². The molecule has 180 valence electrons. The molecule has 0 bridgehead atoms. The molecule has 1 atom stereocenters. The van der Waals surface area contributed by atoms with Gasteiger partial charge in [0.2, 0.25) is 5.91 Å². The van der Waals surface area contributed by atoms with Crippen LogP contribution >= 0.6 is 24.0 Å². The molecular weight excluding hydrogens is 533 g/mol. The van der Waals surface area contributed by atoms with E-state index in [0.29, 0.717) is 12.6 Å². The molecule has 8 nitrogen and oxygen atoms in total. The van der Waals surface area contributed by atoms with Gasteiger partial charge in [-0.15, -0.1) is 24.0 Å². The van der Waals surface area contributed by atoms with Gasteiger partial charge in [-0.25, -0.2) is 0 Å². The first-order valence-corrected chi connectivity index (χ1v) is 10.8. The number of amides is 1. The minimum Gasteiger partial charge on any atom is -0.497 e. The second-order valence-corrected chi connectivity index (χ2v) is 7.89. The fraction of sp³-hybridized carbons (Fsp3) is 0.417. The summed E-state index contributed by atoms with van der Waals surface area (Å²) >= 11 is 0. The van der Waals surface area contributed by atoms with Crippen LogP contribution in [-0.4, -0.2) is 57.2 Å². The van der Waals surface area contributed by atoms with Crippen LogP contribution in [0.3, 0.4) is 0 Å². The van der Waals surface area contributed by atoms with E-state index in [9.17, 15) is 4.79 Å². The summed E-state index contributed by atoms with van der Waals surface area (Å²) in [6.45, 7) is 4.90. The molecule has 3 rings (SSSR count). The molecule has 1 amide bonds. The molecule has 2 aromatic carbocycles. The van der Waals surface area contributed by atoms with Crippen molar-refractivity contribution in [3.05, 3.63) is 53.6 Å². The summed E-state index contributed by atoms with van der Waals surface area (Å²) in [6.07, 6.45) is 1.04. The standard InChI is InChI=1S/C24H33N5O3.HI/c1-17(30)27-20-7-5-6-18(10-20)14-26-24(25-2)28-21-8-9-29(16-21)15-19-11-22(31-3)13-23(12-19)32-4;/h5-7,10-13,21H,8-9,14-16H2,1-4H3,(H,27,30)(H2,25,26,28);1H. The number of ether oxygens (including phenoxy) is 2. The van der Waals surface area contributed by atoms with E-state index in [0.717, 1.165) is 54.8 Å². The number of nitrogens with zero attached hydrogens (tertiary/aromatic N) is 2. The van der Waals surface area contributed by atoms with Crippen LogP contribution in [0.4, 0.5) is 5.69 Å². The minimum atomic E-state index is -0.0780. The van der Waals surface area contributed by atoms with Crippen LogP contribution in [0.5, 0.6) is 11.5 Å². The van der Waals surface area contributed by atoms with Gasteiger partial charge in [-0.1, -0.05) is 12.1 Å². The summed E-state index contributed by atoms with van der Waals surface area (Å²) in [7, 11) is 5.12. The van der Waals surface area contributed by atoms with E-state index < -0.39 is 0 Å². The van der Waals surface area contributed by atoms with Crippen molar-refractivity contribution in [2.45, 2.75) is 32.5 Å². The Bertz CT molecular complexity index is 931. The zero-order valence-corrected chi connectivity index (χ0v) is 22.0. The fourth-order valence-corrected chi connectivity index (χ4v) is 3.85. The Hall–Kier alpha value is -2.53. The lowest BCUT2D eigenvalue weighted by atomic mass is 10.2. The maximum Gasteiger partial charge on any atom is 0.221 e. The minimum absolute atomic E-state index is 0. The Morgan fingerprint density at radius 2 is 1.85 bits per heavy atom. The number of anilines is 1. The molecule has 0 saturated carbocycles. The quantitative estimate of drug-likeness (QED) is 0.258. The van der Waals surface area contributed by atoms with Gasteiger partial charge >= 0.3 is 0 Å². The van der Waals surface area contributed by atoms with Crippen molar-refractivity contribution in [1.82, 2.24) is 15.5 Å². The highest BCUT2D eigenvalue weighted by Gasteiger charge is 2.23. The first kappa shape index (κ1) is 26.7. The molecule has 1 saturated heterocycles. The molecule has 0 radical (unpaired) electrons. The molecular formula is C24H34IN5O3. The van der Waals surface area contributed by atoms with Gasteiger partial charge < -0.3 is 25.4 Å². The van der Waals surface area contributed by atoms with Crippen molar-refractivity contribution in [1.29, 1.82) is 0 Å². The molecule has 1 aliphatic rings. The van der Waals surface area contributed by atoms with Crippen LogP contribution in [0.2, 0.25) is 0 Å². The smallest absolute Gasteiger partial charge is 0.221 e. The number of carbonyl (C=O) groups excluding carboxylic acids is 1. The van der Waals surface area contributed by atoms with Gasteiger partial charge in [-0.3, -0.25) is 14.7 Å². The zero-order chi connectivity index (χ0) is 22.9. The van der Waals surface area contributed by atoms with Gasteiger partial charge in [0, 0.05) is 57.9 Å². The van der Waals surface area contributed by atoms with Crippen LogP contribution in [0.25, 0.3) is 0 Å². The summed E-state index contributed by atoms with van der Waals surface area (Å²) in [5.74, 6) is 2.30. The lowest BCUT2D eigenvalue weighted by Gasteiger charge is -2.19. The van der Waals surface area contributed by atoms with E-state index in [2.05, 4.69) is 38.0 Å². The van der Waals surface area contributed by atoms with E-state index in [-0.39, 0.29) is 29.9 Å². The lowest BCUT2D eigenvalue weighted by Crippen LogP contribution is -2.44. The second kappa shape index (κ2) is 13.2. The molecule has 0 aliphatic carbocycles. The first-order valence-electron chi connectivity index (χ1n) is 10.8. The monoisotopic (exact) mass is 567 g/mol. The van der Waals surface area contributed by atoms with E-state index in [1.165, 1.54) is 12.5 Å². The second-order valence-electron chi connectivity index (χ2n) is 7.89. The fourth-order valence-electron chi connectivity index (χ4n) is 3.85. The van der Waals surface area contributed by atoms with Crippen molar-refractivity contribution < 1.29 is 14.3 Å². The summed E-state index contributed by atoms with van der Waals surface area (Å²) in [5.41, 5.74) is 3.03. The summed E-state index contributed by atoms with van der Waals surface area (Å²) < 4.78 is 10.8. The number of benzene rings is 2. The van der Waals surface area contributed by atoms with Crippen molar-refractivity contribution >= 4 is 41.5 Å². The number of hydrogen-bond acceptors (Lipinski definition) is 5. The Balaban J connectivity index is 0.00000385. The van der Waals surface area contributed by atoms with Crippen LogP contribution < -0.4 is 25.4 Å². The zero-order valence-electron chi connectivity index (χ0n) is 19.7. The molecule has 3 N–H and O–H groups in total. The van der Waals surface area contributed by atoms with Crippen molar-refractivity contribution in [2.24, 2.45) is 4.99 Å². The number of aliphatic imine (C=N–C) groups is 1. The SMILES string of the molecule is CN=C(NCc1cccc(NC(C)=O)c1)NC1CCN(Cc2cc(OC)cc(OC)c2)C1.I. The lowest BCUT2D eigenvalue weighted by molar-refractivity contribution is -0.114. The van der Waals surface area contributed by atoms with Crippen LogP contribution in [0, 0.1) is 0 Å². The highest BCUT2D eigenvalue weighted by Crippen LogP contribution is 2.24. The van der Waals surface area contributed by atoms with Crippen LogP contribution in [0.15, 0.2) is 47.5 Å². The van der Waals surface area contributed by atoms with E-state index in [1.807, 2.05) is 30.3 Å². The molecule has 0 aromatic heterocycles. The average molecular weight is 567 g/mol. The summed E-state index contributed by atoms with van der Waals surface area (Å²) in [5, 5.41) is 9.69. The van der Waals surface area contributed by atoms with Gasteiger partial charge in [0.15, 0.2) is 5.96 Å². The summed E-state index contributed by atoms with van der Waals surface area (Å²) in [6, 6.07) is 14.1. The van der Waals surface area contributed by atoms with Crippen LogP contribution in [0.1, 0.15) is 24.5 Å². The number of likely N-dealkylation sites (tertiary alicyclic amines) is 1. The average Bonchev–Trinajstić information content (AvgIpc) is 3.22. The molecule has 1 unspecified atom stereocenters. The number of carbonyl (C=O) groups is 1. The number of hydrogen-bond donors (Lipinski definition) is 3. The predicted molar refractivity (Wildman–Crippen MR) is 143 cm³/mol. The normalized spacial score (nSPS) is 16.0. The molecule has 0 spiro atoms. The van der Waals surface area contributed by atoms with E-state index in [1.54, 1.807) is 21.3 Å². The highest BCUT2D eigenvalue weighted by atomic mass is 127. The Morgan fingerprint density at radius 3 is 2.48 bits per heavy atom. The molecule has 1 aliphatic heterocycles. The molecule has 1 fully saturated rings. The maximum absolute atomic E-state index is 11.3. The topological polar surface area (TPSA) is 87.2 Å². The molecule has 1 heterocycles. The van der Waals surface area contributed by atoms with Gasteiger partial charge in [0.05, 0.1) is 14.2 Å². The van der Waals surface area contributed by atoms with Gasteiger partial charge in [0.1, 0.15) is 11.5 Å². The third-order valence-corrected chi connectivity index (χ3v) is 5.36. The van der Waals surface area contributed by atoms with E-state index >= 15 is 0 Å². The third kappa shape index (κ3) is 8.39. The number of guanidine groups is 1. The number of halogens is 1. The Morgan fingerprint density at radius 1 is 1.12 bits per heavy atom. The molecule has 33 heavy (non-hydrogen) atoms. The van der Waals surface area contributed by atoms with Crippen molar-refractivity contribution in [2.75, 3.05) is 39.7 Å². The number of nitrogens with one attached hydrogen (secondary N) is 3. The third-order valence-electron chi connectivity index (χ3n) is 5.36. The van der Waals surface area contributed by atoms with Crippen molar-refractivity contribution in [3.63, 3.8) is 0 Å². The Labute approximate surface area is 213 Å². The van der Waals surface area contributed by atoms with E-state index in [4.69, 9.17) is 9.47 Å². The van der Waals surface area contributed by atoms with Crippen molar-refractivity contribution in [3.8, 4) is 11.5 Å². The Kier molecular flexibility index (Phi) is 10.7. The van der Waals surface area contributed by atoms with Crippen LogP contribution in [-0.2, 0) is 17.9 Å². The summed E-state index contributed by atoms with van der Waals surface area (Å²) in [4.78, 5) is 18.0. The number of rotatable bonds is 8. The van der Waals surface area contributed by atoms with Gasteiger partial charge in [-0.2, -0.15) is 0 Å².